The van der Waals surface area contributed by atoms with Crippen LogP contribution in [-0.4, -0.2) is 0 Å². The largest absolute Gasteiger partial charge is 0.204 e. The van der Waals surface area contributed by atoms with E-state index < -0.39 is 17.5 Å². The summed E-state index contributed by atoms with van der Waals surface area (Å²) in [4.78, 5) is 0. The van der Waals surface area contributed by atoms with Gasteiger partial charge in [0.15, 0.2) is 17.5 Å². The molecule has 0 amide bonds. The number of benzene rings is 1. The monoisotopic (exact) mass is 427 g/mol. The van der Waals surface area contributed by atoms with Crippen LogP contribution in [0.2, 0.25) is 0 Å². The van der Waals surface area contributed by atoms with Crippen LogP contribution in [0.1, 0.15) is 75.7 Å². The predicted molar refractivity (Wildman–Crippen MR) is 119 cm³/mol. The normalized spacial score (nSPS) is 27.6. The minimum Gasteiger partial charge on any atom is -0.204 e. The molecule has 31 heavy (non-hydrogen) atoms. The van der Waals surface area contributed by atoms with Gasteiger partial charge in [0.2, 0.25) is 0 Å². The summed E-state index contributed by atoms with van der Waals surface area (Å²) >= 11 is 0. The highest BCUT2D eigenvalue weighted by molar-refractivity contribution is 5.22. The molecule has 1 nitrogen and oxygen atoms in total. The van der Waals surface area contributed by atoms with Crippen molar-refractivity contribution in [3.8, 4) is 6.07 Å². The van der Waals surface area contributed by atoms with Crippen molar-refractivity contribution in [2.24, 2.45) is 17.8 Å². The molecule has 2 fully saturated rings. The lowest BCUT2D eigenvalue weighted by Crippen LogP contribution is -2.14. The molecule has 2 aliphatic rings. The maximum absolute atomic E-state index is 13.5. The van der Waals surface area contributed by atoms with Gasteiger partial charge in [-0.15, -0.1) is 0 Å². The first-order valence-corrected chi connectivity index (χ1v) is 11.6. The lowest BCUT2D eigenvalue weighted by atomic mass is 9.77. The van der Waals surface area contributed by atoms with E-state index in [0.717, 1.165) is 50.0 Å². The smallest absolute Gasteiger partial charge is 0.199 e. The van der Waals surface area contributed by atoms with Crippen LogP contribution < -0.4 is 0 Å². The third-order valence-electron chi connectivity index (χ3n) is 6.96. The van der Waals surface area contributed by atoms with Crippen molar-refractivity contribution in [3.05, 3.63) is 71.6 Å². The van der Waals surface area contributed by atoms with Crippen LogP contribution in [0, 0.1) is 40.7 Å². The summed E-state index contributed by atoms with van der Waals surface area (Å²) in [7, 11) is 0. The highest BCUT2D eigenvalue weighted by Crippen LogP contribution is 2.38. The predicted octanol–water partition coefficient (Wildman–Crippen LogP) is 8.31. The average Bonchev–Trinajstić information content (AvgIpc) is 2.80. The number of rotatable bonds is 7. The SMILES string of the molecule is N#CC(F)=CC=CCC[C@H]1CC[C@H](C=C[C@H]2CC[C@H](c3ccc(F)c(F)c3)CC2)CC1. The molecule has 0 bridgehead atoms. The first-order valence-electron chi connectivity index (χ1n) is 11.6. The van der Waals surface area contributed by atoms with Crippen LogP contribution >= 0.6 is 0 Å². The van der Waals surface area contributed by atoms with Crippen LogP contribution in [0.3, 0.4) is 0 Å². The summed E-state index contributed by atoms with van der Waals surface area (Å²) < 4.78 is 39.3. The number of halogens is 3. The molecule has 3 rings (SSSR count). The number of nitrogens with zero attached hydrogens (tertiary/aromatic N) is 1. The van der Waals surface area contributed by atoms with Gasteiger partial charge in [-0.2, -0.15) is 9.65 Å². The molecular weight excluding hydrogens is 395 g/mol. The Morgan fingerprint density at radius 2 is 1.58 bits per heavy atom. The van der Waals surface area contributed by atoms with Crippen molar-refractivity contribution in [1.82, 2.24) is 0 Å². The van der Waals surface area contributed by atoms with Crippen molar-refractivity contribution < 1.29 is 13.2 Å². The van der Waals surface area contributed by atoms with E-state index in [4.69, 9.17) is 5.26 Å². The minimum atomic E-state index is -0.769. The molecular formula is C27H32F3N. The second-order valence-corrected chi connectivity index (χ2v) is 9.08. The minimum absolute atomic E-state index is 0.344. The van der Waals surface area contributed by atoms with Gasteiger partial charge in [-0.1, -0.05) is 30.4 Å². The Morgan fingerprint density at radius 3 is 2.19 bits per heavy atom. The maximum atomic E-state index is 13.5. The maximum Gasteiger partial charge on any atom is 0.199 e. The van der Waals surface area contributed by atoms with E-state index in [1.165, 1.54) is 50.0 Å². The third kappa shape index (κ3) is 7.42. The second-order valence-electron chi connectivity index (χ2n) is 9.08. The summed E-state index contributed by atoms with van der Waals surface area (Å²) in [6, 6.07) is 5.81. The van der Waals surface area contributed by atoms with Crippen LogP contribution in [0.4, 0.5) is 13.2 Å². The quantitative estimate of drug-likeness (QED) is 0.244. The first kappa shape index (κ1) is 23.4. The van der Waals surface area contributed by atoms with Crippen molar-refractivity contribution >= 4 is 0 Å². The third-order valence-corrected chi connectivity index (χ3v) is 6.96. The molecule has 4 heteroatoms. The van der Waals surface area contributed by atoms with Gasteiger partial charge in [0.05, 0.1) is 0 Å². The molecule has 0 unspecified atom stereocenters. The van der Waals surface area contributed by atoms with Crippen LogP contribution in [0.15, 0.2) is 54.4 Å². The zero-order valence-electron chi connectivity index (χ0n) is 18.1. The van der Waals surface area contributed by atoms with Crippen molar-refractivity contribution in [1.29, 1.82) is 5.26 Å². The number of hydrogen-bond acceptors (Lipinski definition) is 1. The second kappa shape index (κ2) is 11.9. The highest BCUT2D eigenvalue weighted by atomic mass is 19.2. The molecule has 0 heterocycles. The number of hydrogen-bond donors (Lipinski definition) is 0. The highest BCUT2D eigenvalue weighted by Gasteiger charge is 2.23. The fraction of sp³-hybridized carbons (Fsp3) is 0.519. The van der Waals surface area contributed by atoms with E-state index in [-0.39, 0.29) is 0 Å². The van der Waals surface area contributed by atoms with Crippen LogP contribution in [0.25, 0.3) is 0 Å². The summed E-state index contributed by atoms with van der Waals surface area (Å²) in [5, 5.41) is 8.37. The fourth-order valence-corrected chi connectivity index (χ4v) is 5.01. The Labute approximate surface area is 184 Å². The lowest BCUT2D eigenvalue weighted by Gasteiger charge is -2.29. The molecule has 0 aromatic heterocycles. The van der Waals surface area contributed by atoms with Crippen molar-refractivity contribution in [2.45, 2.75) is 70.1 Å². The molecule has 2 saturated carbocycles. The molecule has 0 saturated heterocycles. The standard InChI is InChI=1S/C27H32F3N/c28-25(19-31)5-3-1-2-4-20-6-8-21(9-7-20)10-11-22-12-14-23(15-13-22)24-16-17-26(29)27(30)18-24/h1,3,5,10-11,16-18,20-23H,2,4,6-9,12-15H2/t20-,21-,22-,23-. The van der Waals surface area contributed by atoms with Gasteiger partial charge >= 0.3 is 0 Å². The van der Waals surface area contributed by atoms with E-state index in [1.54, 1.807) is 12.1 Å². The molecule has 2 aliphatic carbocycles. The van der Waals surface area contributed by atoms with Gasteiger partial charge in [0.1, 0.15) is 6.07 Å². The fourth-order valence-electron chi connectivity index (χ4n) is 5.01. The van der Waals surface area contributed by atoms with E-state index in [9.17, 15) is 13.2 Å². The summed E-state index contributed by atoms with van der Waals surface area (Å²) in [5.41, 5.74) is 0.931. The Hall–Kier alpha value is -2.28. The number of nitriles is 1. The van der Waals surface area contributed by atoms with Gasteiger partial charge in [0.25, 0.3) is 0 Å². The summed E-state index contributed by atoms with van der Waals surface area (Å²) in [6.07, 6.45) is 20.9. The average molecular weight is 428 g/mol. The van der Waals surface area contributed by atoms with E-state index in [1.807, 2.05) is 6.08 Å². The van der Waals surface area contributed by atoms with Gasteiger partial charge in [-0.25, -0.2) is 8.78 Å². The molecule has 1 aromatic carbocycles. The van der Waals surface area contributed by atoms with Crippen molar-refractivity contribution in [3.63, 3.8) is 0 Å². The van der Waals surface area contributed by atoms with Crippen LogP contribution in [-0.2, 0) is 0 Å². The molecule has 0 aliphatic heterocycles. The Morgan fingerprint density at radius 1 is 0.935 bits per heavy atom. The number of allylic oxidation sites excluding steroid dienone is 6. The van der Waals surface area contributed by atoms with Crippen molar-refractivity contribution in [2.75, 3.05) is 0 Å². The van der Waals surface area contributed by atoms with Gasteiger partial charge in [-0.05, 0) is 112 Å². The molecule has 0 N–H and O–H groups in total. The van der Waals surface area contributed by atoms with E-state index in [0.29, 0.717) is 17.8 Å². The Kier molecular flexibility index (Phi) is 9.00. The van der Waals surface area contributed by atoms with E-state index >= 15 is 0 Å². The molecule has 166 valence electrons. The summed E-state index contributed by atoms with van der Waals surface area (Å²) in [5.74, 6) is 0.100. The Bertz CT molecular complexity index is 833. The molecule has 0 spiro atoms. The molecule has 0 atom stereocenters. The summed E-state index contributed by atoms with van der Waals surface area (Å²) in [6.45, 7) is 0. The first-order chi connectivity index (χ1) is 15.0. The Balaban J connectivity index is 1.34. The van der Waals surface area contributed by atoms with Gasteiger partial charge in [-0.3, -0.25) is 0 Å². The van der Waals surface area contributed by atoms with Crippen LogP contribution in [0.5, 0.6) is 0 Å². The topological polar surface area (TPSA) is 23.8 Å². The van der Waals surface area contributed by atoms with Gasteiger partial charge < -0.3 is 0 Å². The zero-order valence-corrected chi connectivity index (χ0v) is 18.1. The lowest BCUT2D eigenvalue weighted by molar-refractivity contribution is 0.295. The van der Waals surface area contributed by atoms with E-state index in [2.05, 4.69) is 12.2 Å². The van der Waals surface area contributed by atoms with Gasteiger partial charge in [0, 0.05) is 0 Å². The molecule has 0 radical (unpaired) electrons. The molecule has 1 aromatic rings. The zero-order chi connectivity index (χ0) is 22.1.